The summed E-state index contributed by atoms with van der Waals surface area (Å²) in [6, 6.07) is 21.8. The molecule has 5 heterocycles. The van der Waals surface area contributed by atoms with Gasteiger partial charge >= 0.3 is 0 Å². The first kappa shape index (κ1) is 23.8. The van der Waals surface area contributed by atoms with Crippen molar-refractivity contribution < 1.29 is 4.39 Å². The molecule has 0 aliphatic heterocycles. The van der Waals surface area contributed by atoms with Crippen molar-refractivity contribution in [2.45, 2.75) is 13.1 Å². The molecule has 2 aromatic carbocycles. The van der Waals surface area contributed by atoms with Gasteiger partial charge in [0, 0.05) is 54.6 Å². The maximum Gasteiger partial charge on any atom is 0.161 e. The van der Waals surface area contributed by atoms with Crippen LogP contribution in [0.2, 0.25) is 0 Å². The molecule has 0 spiro atoms. The Balaban J connectivity index is 1.23. The average molecular weight is 527 g/mol. The monoisotopic (exact) mass is 526 g/mol. The lowest BCUT2D eigenvalue weighted by atomic mass is 10.1. The second-order valence-corrected chi connectivity index (χ2v) is 9.48. The van der Waals surface area contributed by atoms with Crippen LogP contribution in [0.25, 0.3) is 55.8 Å². The number of hydrogen-bond donors (Lipinski definition) is 3. The Labute approximate surface area is 228 Å². The molecule has 0 aliphatic carbocycles. The number of benzene rings is 2. The van der Waals surface area contributed by atoms with Gasteiger partial charge in [-0.3, -0.25) is 20.1 Å². The van der Waals surface area contributed by atoms with Crippen LogP contribution in [-0.2, 0) is 13.1 Å². The lowest BCUT2D eigenvalue weighted by Crippen LogP contribution is -2.12. The summed E-state index contributed by atoms with van der Waals surface area (Å²) in [5.74, 6) is -0.0176. The van der Waals surface area contributed by atoms with Crippen LogP contribution in [0.1, 0.15) is 11.1 Å². The van der Waals surface area contributed by atoms with Crippen molar-refractivity contribution in [2.24, 2.45) is 0 Å². The normalized spacial score (nSPS) is 11.4. The third-order valence-corrected chi connectivity index (χ3v) is 6.82. The second kappa shape index (κ2) is 10.1. The molecule has 0 atom stereocenters. The molecule has 0 aliphatic rings. The van der Waals surface area contributed by atoms with Gasteiger partial charge in [-0.15, -0.1) is 0 Å². The lowest BCUT2D eigenvalue weighted by Gasteiger charge is -2.08. The number of fused-ring (bicyclic) bond motifs is 2. The number of rotatable bonds is 7. The average Bonchev–Trinajstić information content (AvgIpc) is 3.63. The van der Waals surface area contributed by atoms with E-state index in [9.17, 15) is 0 Å². The molecule has 9 heteroatoms. The lowest BCUT2D eigenvalue weighted by molar-refractivity contribution is 0.638. The van der Waals surface area contributed by atoms with E-state index in [1.807, 2.05) is 54.6 Å². The zero-order valence-corrected chi connectivity index (χ0v) is 21.3. The van der Waals surface area contributed by atoms with E-state index in [0.29, 0.717) is 34.5 Å². The van der Waals surface area contributed by atoms with Crippen LogP contribution in [0.15, 0.2) is 97.7 Å². The summed E-state index contributed by atoms with van der Waals surface area (Å²) in [5.41, 5.74) is 7.25. The molecule has 7 aromatic rings. The van der Waals surface area contributed by atoms with Crippen molar-refractivity contribution in [1.29, 1.82) is 0 Å². The Kier molecular flexibility index (Phi) is 6.02. The quantitative estimate of drug-likeness (QED) is 0.233. The SMILES string of the molecule is Fc1c(-c2cncc(CNCc3ccccc3)c2)ncc2[nH]nc(-c3nc4c(-c5cccnc5)cccc4[nH]3)c12. The molecular weight excluding hydrogens is 503 g/mol. The highest BCUT2D eigenvalue weighted by molar-refractivity contribution is 5.98. The molecule has 0 unspecified atom stereocenters. The molecule has 5 aromatic heterocycles. The van der Waals surface area contributed by atoms with Crippen LogP contribution in [0.4, 0.5) is 4.39 Å². The predicted octanol–water partition coefficient (Wildman–Crippen LogP) is 6.05. The van der Waals surface area contributed by atoms with E-state index in [4.69, 9.17) is 4.98 Å². The minimum atomic E-state index is -0.481. The first-order valence-corrected chi connectivity index (χ1v) is 12.9. The van der Waals surface area contributed by atoms with Gasteiger partial charge in [0.05, 0.1) is 28.1 Å². The first-order chi connectivity index (χ1) is 19.7. The third kappa shape index (κ3) is 4.38. The molecule has 3 N–H and O–H groups in total. The Hall–Kier alpha value is -5.28. The van der Waals surface area contributed by atoms with Crippen molar-refractivity contribution in [2.75, 3.05) is 0 Å². The van der Waals surface area contributed by atoms with Gasteiger partial charge in [0.15, 0.2) is 11.6 Å². The number of imidazole rings is 1. The Bertz CT molecular complexity index is 1950. The largest absolute Gasteiger partial charge is 0.337 e. The molecule has 0 saturated carbocycles. The van der Waals surface area contributed by atoms with Gasteiger partial charge in [0.1, 0.15) is 11.4 Å². The molecule has 0 bridgehead atoms. The van der Waals surface area contributed by atoms with Crippen molar-refractivity contribution in [3.8, 4) is 33.9 Å². The smallest absolute Gasteiger partial charge is 0.161 e. The summed E-state index contributed by atoms with van der Waals surface area (Å²) in [4.78, 5) is 21.1. The van der Waals surface area contributed by atoms with Gasteiger partial charge in [-0.05, 0) is 29.3 Å². The topological polar surface area (TPSA) is 108 Å². The fourth-order valence-corrected chi connectivity index (χ4v) is 4.91. The molecule has 0 amide bonds. The van der Waals surface area contributed by atoms with Crippen molar-refractivity contribution in [1.82, 2.24) is 40.4 Å². The zero-order valence-electron chi connectivity index (χ0n) is 21.3. The number of aromatic nitrogens is 7. The summed E-state index contributed by atoms with van der Waals surface area (Å²) >= 11 is 0. The van der Waals surface area contributed by atoms with Crippen LogP contribution in [-0.4, -0.2) is 35.1 Å². The number of pyridine rings is 3. The highest BCUT2D eigenvalue weighted by Crippen LogP contribution is 2.34. The maximum atomic E-state index is 16.1. The minimum absolute atomic E-state index is 0.208. The number of nitrogens with one attached hydrogen (secondary N) is 3. The van der Waals surface area contributed by atoms with Gasteiger partial charge < -0.3 is 10.3 Å². The number of H-pyrrole nitrogens is 2. The predicted molar refractivity (Wildman–Crippen MR) is 152 cm³/mol. The van der Waals surface area contributed by atoms with Gasteiger partial charge in [-0.1, -0.05) is 48.5 Å². The number of para-hydroxylation sites is 1. The van der Waals surface area contributed by atoms with E-state index in [2.05, 4.69) is 47.6 Å². The fraction of sp³-hybridized carbons (Fsp3) is 0.0645. The van der Waals surface area contributed by atoms with E-state index in [1.54, 1.807) is 31.0 Å². The number of hydrogen-bond acceptors (Lipinski definition) is 6. The first-order valence-electron chi connectivity index (χ1n) is 12.9. The highest BCUT2D eigenvalue weighted by Gasteiger charge is 2.21. The van der Waals surface area contributed by atoms with Crippen LogP contribution >= 0.6 is 0 Å². The number of nitrogens with zero attached hydrogens (tertiary/aromatic N) is 5. The summed E-state index contributed by atoms with van der Waals surface area (Å²) in [6.45, 7) is 1.32. The molecule has 0 fully saturated rings. The van der Waals surface area contributed by atoms with Crippen LogP contribution in [0.5, 0.6) is 0 Å². The van der Waals surface area contributed by atoms with Gasteiger partial charge in [-0.25, -0.2) is 9.37 Å². The summed E-state index contributed by atoms with van der Waals surface area (Å²) in [5, 5.41) is 11.0. The van der Waals surface area contributed by atoms with Gasteiger partial charge in [0.2, 0.25) is 0 Å². The molecule has 194 valence electrons. The van der Waals surface area contributed by atoms with Crippen LogP contribution < -0.4 is 5.32 Å². The van der Waals surface area contributed by atoms with E-state index < -0.39 is 5.82 Å². The standard InChI is InChI=1S/C31H23FN8/c32-27-26-25(18-36-28(27)22-12-20(15-35-17-22)14-34-13-19-6-2-1-3-7-19)39-40-30(26)31-37-24-10-4-9-23(29(24)38-31)21-8-5-11-33-16-21/h1-12,15-18,34H,13-14H2,(H,37,38)(H,39,40). The Morgan fingerprint density at radius 3 is 2.50 bits per heavy atom. The van der Waals surface area contributed by atoms with E-state index in [-0.39, 0.29) is 5.69 Å². The summed E-state index contributed by atoms with van der Waals surface area (Å²) < 4.78 is 16.1. The Morgan fingerprint density at radius 2 is 1.62 bits per heavy atom. The second-order valence-electron chi connectivity index (χ2n) is 9.48. The Morgan fingerprint density at radius 1 is 0.750 bits per heavy atom. The highest BCUT2D eigenvalue weighted by atomic mass is 19.1. The van der Waals surface area contributed by atoms with E-state index in [0.717, 1.165) is 34.3 Å². The molecule has 0 radical (unpaired) electrons. The molecule has 7 rings (SSSR count). The summed E-state index contributed by atoms with van der Waals surface area (Å²) in [6.07, 6.45) is 8.52. The maximum absolute atomic E-state index is 16.1. The summed E-state index contributed by atoms with van der Waals surface area (Å²) in [7, 11) is 0. The zero-order chi connectivity index (χ0) is 26.9. The fourth-order valence-electron chi connectivity index (χ4n) is 4.91. The number of aromatic amines is 2. The van der Waals surface area contributed by atoms with Crippen molar-refractivity contribution >= 4 is 21.9 Å². The van der Waals surface area contributed by atoms with E-state index in [1.165, 1.54) is 5.56 Å². The van der Waals surface area contributed by atoms with Gasteiger partial charge in [0.25, 0.3) is 0 Å². The van der Waals surface area contributed by atoms with Crippen LogP contribution in [0.3, 0.4) is 0 Å². The molecule has 8 nitrogen and oxygen atoms in total. The van der Waals surface area contributed by atoms with Crippen molar-refractivity contribution in [3.05, 3.63) is 115 Å². The van der Waals surface area contributed by atoms with Gasteiger partial charge in [-0.2, -0.15) is 5.10 Å². The van der Waals surface area contributed by atoms with Crippen LogP contribution in [0, 0.1) is 5.82 Å². The van der Waals surface area contributed by atoms with Crippen molar-refractivity contribution in [3.63, 3.8) is 0 Å². The van der Waals surface area contributed by atoms with E-state index >= 15 is 4.39 Å². The molecule has 0 saturated heterocycles. The minimum Gasteiger partial charge on any atom is -0.337 e. The number of halogens is 1. The molecular formula is C31H23FN8. The third-order valence-electron chi connectivity index (χ3n) is 6.82. The molecule has 40 heavy (non-hydrogen) atoms.